The van der Waals surface area contributed by atoms with Gasteiger partial charge in [-0.3, -0.25) is 4.79 Å². The van der Waals surface area contributed by atoms with Gasteiger partial charge in [-0.1, -0.05) is 6.07 Å². The van der Waals surface area contributed by atoms with Crippen molar-refractivity contribution in [2.75, 3.05) is 24.1 Å². The Balaban J connectivity index is 1.78. The second-order valence-corrected chi connectivity index (χ2v) is 5.34. The Hall–Kier alpha value is -2.47. The molecule has 3 rings (SSSR count). The van der Waals surface area contributed by atoms with Gasteiger partial charge in [0, 0.05) is 12.2 Å². The summed E-state index contributed by atoms with van der Waals surface area (Å²) in [5, 5.41) is 6.71. The van der Waals surface area contributed by atoms with Crippen LogP contribution in [0.4, 0.5) is 11.6 Å². The van der Waals surface area contributed by atoms with Gasteiger partial charge in [-0.2, -0.15) is 0 Å². The highest BCUT2D eigenvalue weighted by molar-refractivity contribution is 6.10. The van der Waals surface area contributed by atoms with Crippen molar-refractivity contribution in [2.24, 2.45) is 0 Å². The van der Waals surface area contributed by atoms with Crippen molar-refractivity contribution in [1.82, 2.24) is 15.3 Å². The van der Waals surface area contributed by atoms with E-state index in [1.54, 1.807) is 24.4 Å². The molecular weight excluding hydrogens is 278 g/mol. The lowest BCUT2D eigenvalue weighted by atomic mass is 10.1. The molecule has 6 heteroatoms. The number of pyridine rings is 2. The van der Waals surface area contributed by atoms with Gasteiger partial charge in [0.1, 0.15) is 17.3 Å². The third-order valence-electron chi connectivity index (χ3n) is 3.76. The van der Waals surface area contributed by atoms with Crippen LogP contribution in [-0.4, -0.2) is 34.9 Å². The quantitative estimate of drug-likeness (QED) is 0.740. The smallest absolute Gasteiger partial charge is 0.215 e. The van der Waals surface area contributed by atoms with E-state index in [9.17, 15) is 4.79 Å². The lowest BCUT2D eigenvalue weighted by Crippen LogP contribution is -2.35. The Morgan fingerprint density at radius 3 is 2.82 bits per heavy atom. The summed E-state index contributed by atoms with van der Waals surface area (Å²) in [6.45, 7) is 2.00. The molecule has 0 aliphatic carbocycles. The number of carbonyl (C=O) groups excluding carboxylic acids is 1. The Morgan fingerprint density at radius 2 is 2.05 bits per heavy atom. The molecule has 0 radical (unpaired) electrons. The molecule has 6 nitrogen and oxygen atoms in total. The molecule has 0 amide bonds. The zero-order valence-electron chi connectivity index (χ0n) is 12.2. The van der Waals surface area contributed by atoms with E-state index in [1.165, 1.54) is 0 Å². The molecule has 1 fully saturated rings. The number of carbonyl (C=O) groups is 1. The number of hydrogen-bond donors (Lipinski definition) is 3. The Bertz CT molecular complexity index is 667. The molecule has 2 aromatic rings. The molecule has 0 atom stereocenters. The minimum absolute atomic E-state index is 0.209. The van der Waals surface area contributed by atoms with E-state index in [4.69, 9.17) is 5.73 Å². The maximum atomic E-state index is 12.5. The average Bonchev–Trinajstić information content (AvgIpc) is 2.56. The highest BCUT2D eigenvalue weighted by atomic mass is 16.1. The van der Waals surface area contributed by atoms with Crippen molar-refractivity contribution >= 4 is 17.4 Å². The highest BCUT2D eigenvalue weighted by Gasteiger charge is 2.16. The van der Waals surface area contributed by atoms with Crippen LogP contribution in [-0.2, 0) is 0 Å². The SMILES string of the molecule is Nc1ncccc1C(=O)c1cccc(NC2CCNCC2)n1. The van der Waals surface area contributed by atoms with Gasteiger partial charge in [-0.05, 0) is 50.2 Å². The zero-order valence-corrected chi connectivity index (χ0v) is 12.2. The van der Waals surface area contributed by atoms with Crippen LogP contribution in [0.3, 0.4) is 0 Å². The summed E-state index contributed by atoms with van der Waals surface area (Å²) in [5.41, 5.74) is 6.52. The van der Waals surface area contributed by atoms with Crippen LogP contribution in [0.2, 0.25) is 0 Å². The van der Waals surface area contributed by atoms with Gasteiger partial charge < -0.3 is 16.4 Å². The molecule has 4 N–H and O–H groups in total. The molecule has 2 aromatic heterocycles. The molecular formula is C16H19N5O. The van der Waals surface area contributed by atoms with E-state index in [-0.39, 0.29) is 11.6 Å². The maximum absolute atomic E-state index is 12.5. The van der Waals surface area contributed by atoms with Crippen LogP contribution < -0.4 is 16.4 Å². The first-order chi connectivity index (χ1) is 10.7. The summed E-state index contributed by atoms with van der Waals surface area (Å²) >= 11 is 0. The molecule has 3 heterocycles. The second-order valence-electron chi connectivity index (χ2n) is 5.34. The number of nitrogens with one attached hydrogen (secondary N) is 2. The monoisotopic (exact) mass is 297 g/mol. The van der Waals surface area contributed by atoms with Crippen LogP contribution in [0.5, 0.6) is 0 Å². The number of rotatable bonds is 4. The summed E-state index contributed by atoms with van der Waals surface area (Å²) in [5.74, 6) is 0.741. The van der Waals surface area contributed by atoms with Crippen LogP contribution in [0.15, 0.2) is 36.5 Å². The Kier molecular flexibility index (Phi) is 4.29. The lowest BCUT2D eigenvalue weighted by Gasteiger charge is -2.24. The standard InChI is InChI=1S/C16H19N5O/c17-16-12(3-2-8-19-16)15(22)13-4-1-5-14(21-13)20-11-6-9-18-10-7-11/h1-5,8,11,18H,6-7,9-10H2,(H2,17,19)(H,20,21). The molecule has 1 aliphatic rings. The summed E-state index contributed by atoms with van der Waals surface area (Å²) in [6, 6.07) is 9.16. The van der Waals surface area contributed by atoms with Gasteiger partial charge in [0.25, 0.3) is 0 Å². The van der Waals surface area contributed by atoms with Crippen LogP contribution >= 0.6 is 0 Å². The van der Waals surface area contributed by atoms with Crippen molar-refractivity contribution in [1.29, 1.82) is 0 Å². The number of ketones is 1. The zero-order chi connectivity index (χ0) is 15.4. The van der Waals surface area contributed by atoms with Crippen molar-refractivity contribution in [3.8, 4) is 0 Å². The molecule has 114 valence electrons. The second kappa shape index (κ2) is 6.53. The van der Waals surface area contributed by atoms with Gasteiger partial charge in [0.05, 0.1) is 5.56 Å². The van der Waals surface area contributed by atoms with Gasteiger partial charge >= 0.3 is 0 Å². The van der Waals surface area contributed by atoms with Gasteiger partial charge in [0.2, 0.25) is 5.78 Å². The van der Waals surface area contributed by atoms with E-state index in [1.807, 2.05) is 12.1 Å². The van der Waals surface area contributed by atoms with E-state index in [0.717, 1.165) is 31.7 Å². The number of anilines is 2. The normalized spacial score (nSPS) is 15.5. The fourth-order valence-electron chi connectivity index (χ4n) is 2.56. The van der Waals surface area contributed by atoms with Crippen molar-refractivity contribution in [2.45, 2.75) is 18.9 Å². The Labute approximate surface area is 129 Å². The first kappa shape index (κ1) is 14.5. The minimum Gasteiger partial charge on any atom is -0.383 e. The third-order valence-corrected chi connectivity index (χ3v) is 3.76. The third kappa shape index (κ3) is 3.23. The molecule has 22 heavy (non-hydrogen) atoms. The summed E-state index contributed by atoms with van der Waals surface area (Å²) in [4.78, 5) is 20.9. The predicted molar refractivity (Wildman–Crippen MR) is 85.8 cm³/mol. The van der Waals surface area contributed by atoms with Gasteiger partial charge in [-0.25, -0.2) is 9.97 Å². The number of piperidine rings is 1. The van der Waals surface area contributed by atoms with E-state index < -0.39 is 0 Å². The van der Waals surface area contributed by atoms with Crippen molar-refractivity contribution < 1.29 is 4.79 Å². The molecule has 1 saturated heterocycles. The molecule has 0 bridgehead atoms. The fraction of sp³-hybridized carbons (Fsp3) is 0.312. The molecule has 0 saturated carbocycles. The summed E-state index contributed by atoms with van der Waals surface area (Å²) in [7, 11) is 0. The minimum atomic E-state index is -0.209. The van der Waals surface area contributed by atoms with Crippen molar-refractivity contribution in [3.63, 3.8) is 0 Å². The number of hydrogen-bond acceptors (Lipinski definition) is 6. The average molecular weight is 297 g/mol. The predicted octanol–water partition coefficient (Wildman–Crippen LogP) is 1.45. The lowest BCUT2D eigenvalue weighted by molar-refractivity contribution is 0.103. The largest absolute Gasteiger partial charge is 0.383 e. The topological polar surface area (TPSA) is 92.9 Å². The Morgan fingerprint density at radius 1 is 1.23 bits per heavy atom. The number of nitrogens with two attached hydrogens (primary N) is 1. The van der Waals surface area contributed by atoms with Crippen LogP contribution in [0.25, 0.3) is 0 Å². The van der Waals surface area contributed by atoms with E-state index in [0.29, 0.717) is 17.3 Å². The summed E-state index contributed by atoms with van der Waals surface area (Å²) < 4.78 is 0. The molecule has 1 aliphatic heterocycles. The molecule has 0 spiro atoms. The molecule has 0 unspecified atom stereocenters. The maximum Gasteiger partial charge on any atom is 0.215 e. The van der Waals surface area contributed by atoms with Gasteiger partial charge in [0.15, 0.2) is 0 Å². The highest BCUT2D eigenvalue weighted by Crippen LogP contribution is 2.16. The van der Waals surface area contributed by atoms with Crippen molar-refractivity contribution in [3.05, 3.63) is 47.8 Å². The van der Waals surface area contributed by atoms with Gasteiger partial charge in [-0.15, -0.1) is 0 Å². The summed E-state index contributed by atoms with van der Waals surface area (Å²) in [6.07, 6.45) is 3.67. The number of nitrogens with zero attached hydrogens (tertiary/aromatic N) is 2. The molecule has 0 aromatic carbocycles. The van der Waals surface area contributed by atoms with Crippen LogP contribution in [0, 0.1) is 0 Å². The number of nitrogen functional groups attached to an aromatic ring is 1. The fourth-order valence-corrected chi connectivity index (χ4v) is 2.56. The van der Waals surface area contributed by atoms with E-state index >= 15 is 0 Å². The van der Waals surface area contributed by atoms with E-state index in [2.05, 4.69) is 20.6 Å². The number of aromatic nitrogens is 2. The van der Waals surface area contributed by atoms with Crippen LogP contribution in [0.1, 0.15) is 28.9 Å². The first-order valence-electron chi connectivity index (χ1n) is 7.43. The first-order valence-corrected chi connectivity index (χ1v) is 7.43.